The monoisotopic (exact) mass is 675 g/mol. The highest BCUT2D eigenvalue weighted by Gasteiger charge is 2.49. The maximum Gasteiger partial charge on any atom is 0.404 e. The zero-order valence-corrected chi connectivity index (χ0v) is 30.3. The van der Waals surface area contributed by atoms with Crippen molar-refractivity contribution in [3.63, 3.8) is 0 Å². The normalized spacial score (nSPS) is 27.6. The fraction of sp³-hybridized carbons (Fsp3) is 0.684. The zero-order chi connectivity index (χ0) is 36.3. The number of ether oxygens (including phenoxy) is 3. The first-order valence-electron chi connectivity index (χ1n) is 17.3. The van der Waals surface area contributed by atoms with Crippen molar-refractivity contribution in [1.82, 2.24) is 0 Å². The van der Waals surface area contributed by atoms with Crippen molar-refractivity contribution in [1.29, 1.82) is 0 Å². The van der Waals surface area contributed by atoms with Crippen LogP contribution in [0.1, 0.15) is 80.7 Å². The van der Waals surface area contributed by atoms with Crippen molar-refractivity contribution in [2.75, 3.05) is 6.61 Å². The van der Waals surface area contributed by atoms with E-state index in [9.17, 15) is 30.0 Å². The maximum absolute atomic E-state index is 12.2. The first-order chi connectivity index (χ1) is 22.4. The summed E-state index contributed by atoms with van der Waals surface area (Å²) in [5.74, 6) is -2.77. The van der Waals surface area contributed by atoms with Crippen LogP contribution in [0.25, 0.3) is 0 Å². The molecule has 1 amide bonds. The van der Waals surface area contributed by atoms with E-state index in [1.165, 1.54) is 0 Å². The Morgan fingerprint density at radius 2 is 1.62 bits per heavy atom. The molecule has 2 rings (SSSR count). The average molecular weight is 676 g/mol. The van der Waals surface area contributed by atoms with Gasteiger partial charge in [-0.15, -0.1) is 0 Å². The molecule has 1 aliphatic heterocycles. The molecule has 13 atom stereocenters. The van der Waals surface area contributed by atoms with Crippen LogP contribution >= 0.6 is 0 Å². The first kappa shape index (κ1) is 41.4. The molecule has 1 saturated heterocycles. The molecule has 0 aromatic heterocycles. The van der Waals surface area contributed by atoms with Crippen molar-refractivity contribution in [2.45, 2.75) is 118 Å². The molecular weight excluding hydrogens is 614 g/mol. The molecule has 0 radical (unpaired) electrons. The number of allylic oxidation sites excluding steroid dienone is 1. The van der Waals surface area contributed by atoms with Crippen LogP contribution in [0.2, 0.25) is 0 Å². The van der Waals surface area contributed by atoms with Crippen LogP contribution in [0, 0.1) is 41.4 Å². The van der Waals surface area contributed by atoms with Crippen LogP contribution in [0.3, 0.4) is 0 Å². The van der Waals surface area contributed by atoms with E-state index in [4.69, 9.17) is 19.9 Å². The lowest BCUT2D eigenvalue weighted by Gasteiger charge is -2.44. The molecule has 1 fully saturated rings. The van der Waals surface area contributed by atoms with E-state index in [2.05, 4.69) is 0 Å². The van der Waals surface area contributed by atoms with E-state index in [0.29, 0.717) is 19.6 Å². The topological polar surface area (TPSA) is 169 Å². The van der Waals surface area contributed by atoms with E-state index < -0.39 is 60.0 Å². The van der Waals surface area contributed by atoms with Crippen LogP contribution in [0.4, 0.5) is 4.79 Å². The number of aliphatic hydroxyl groups excluding tert-OH is 3. The molecule has 6 N–H and O–H groups in total. The number of esters is 1. The van der Waals surface area contributed by atoms with Gasteiger partial charge in [-0.25, -0.2) is 4.79 Å². The zero-order valence-electron chi connectivity index (χ0n) is 30.3. The van der Waals surface area contributed by atoms with E-state index in [0.717, 1.165) is 11.1 Å². The van der Waals surface area contributed by atoms with Crippen LogP contribution in [0.5, 0.6) is 0 Å². The number of benzene rings is 1. The number of rotatable bonds is 18. The lowest BCUT2D eigenvalue weighted by Crippen LogP contribution is -2.55. The molecule has 0 spiro atoms. The summed E-state index contributed by atoms with van der Waals surface area (Å²) in [6.07, 6.45) is 1.44. The Morgan fingerprint density at radius 1 is 1.00 bits per heavy atom. The summed E-state index contributed by atoms with van der Waals surface area (Å²) in [7, 11) is 0. The summed E-state index contributed by atoms with van der Waals surface area (Å²) in [5.41, 5.74) is 6.20. The number of amides is 1. The minimum absolute atomic E-state index is 0.146. The fourth-order valence-electron chi connectivity index (χ4n) is 6.69. The van der Waals surface area contributed by atoms with Gasteiger partial charge < -0.3 is 40.4 Å². The molecule has 0 bridgehead atoms. The number of carbonyl (C=O) groups is 2. The molecule has 1 aliphatic rings. The van der Waals surface area contributed by atoms with Gasteiger partial charge in [0.2, 0.25) is 0 Å². The Labute approximate surface area is 287 Å². The van der Waals surface area contributed by atoms with Crippen LogP contribution < -0.4 is 5.73 Å². The molecule has 272 valence electrons. The molecule has 0 saturated carbocycles. The largest absolute Gasteiger partial charge is 0.462 e. The summed E-state index contributed by atoms with van der Waals surface area (Å²) < 4.78 is 16.8. The van der Waals surface area contributed by atoms with Gasteiger partial charge in [0, 0.05) is 36.0 Å². The molecule has 0 aliphatic carbocycles. The predicted molar refractivity (Wildman–Crippen MR) is 185 cm³/mol. The van der Waals surface area contributed by atoms with E-state index in [1.54, 1.807) is 26.0 Å². The molecule has 48 heavy (non-hydrogen) atoms. The second kappa shape index (κ2) is 18.9. The number of hydrogen-bond acceptors (Lipinski definition) is 9. The van der Waals surface area contributed by atoms with E-state index >= 15 is 0 Å². The summed E-state index contributed by atoms with van der Waals surface area (Å²) in [6.45, 7) is 17.2. The molecule has 1 heterocycles. The van der Waals surface area contributed by atoms with Crippen molar-refractivity contribution >= 4 is 12.1 Å². The summed E-state index contributed by atoms with van der Waals surface area (Å²) >= 11 is 0. The third-order valence-electron chi connectivity index (χ3n) is 10.3. The lowest BCUT2D eigenvalue weighted by atomic mass is 9.74. The van der Waals surface area contributed by atoms with Crippen molar-refractivity contribution in [3.05, 3.63) is 59.7 Å². The Hall–Kier alpha value is -2.76. The third kappa shape index (κ3) is 12.0. The fourth-order valence-corrected chi connectivity index (χ4v) is 6.69. The van der Waals surface area contributed by atoms with Gasteiger partial charge in [-0.2, -0.15) is 0 Å². The standard InChI is InChI=1S/C38H61NO9/c1-22(17-24(3)33(41)23(2)15-16-31(40)19-32-28(7)38(9,45)29(8)36(43)47-32)18-25(4)34(42)27(6)35(48-37(39)44)26(5)20-46-21-30-13-11-10-12-14-30/h10-17,23-29,31-35,40-42,45H,18-21H2,1-9H3,(H2,39,44)/t23-,24-,25-,26-,27-,28-,29-,31+,32-,33-,34+,35-,38-/m0/s1. The SMILES string of the molecule is CC(=C[C@H](C)[C@@H](O)[C@@H](C)C=C[C@@H](O)C[C@@H]1OC(=O)[C@H](C)[C@@](C)(O)[C@H]1C)C[C@H](C)[C@@H](O)[C@H](C)[C@@H](OC(N)=O)[C@@H](C)COCc1ccccc1. The lowest BCUT2D eigenvalue weighted by molar-refractivity contribution is -0.197. The number of carbonyl (C=O) groups excluding carboxylic acids is 2. The second-order valence-electron chi connectivity index (χ2n) is 14.5. The van der Waals surface area contributed by atoms with E-state index in [-0.39, 0.29) is 36.0 Å². The number of aliphatic hydroxyl groups is 4. The van der Waals surface area contributed by atoms with Crippen molar-refractivity contribution in [2.24, 2.45) is 47.2 Å². The molecular formula is C38H61NO9. The summed E-state index contributed by atoms with van der Waals surface area (Å²) in [6, 6.07) is 9.77. The number of cyclic esters (lactones) is 1. The van der Waals surface area contributed by atoms with E-state index in [1.807, 2.05) is 84.9 Å². The smallest absolute Gasteiger partial charge is 0.404 e. The minimum Gasteiger partial charge on any atom is -0.462 e. The highest BCUT2D eigenvalue weighted by Crippen LogP contribution is 2.37. The Morgan fingerprint density at radius 3 is 2.23 bits per heavy atom. The minimum atomic E-state index is -1.23. The number of primary amides is 1. The number of hydrogen-bond donors (Lipinski definition) is 5. The predicted octanol–water partition coefficient (Wildman–Crippen LogP) is 5.16. The second-order valence-corrected chi connectivity index (χ2v) is 14.5. The average Bonchev–Trinajstić information content (AvgIpc) is 3.03. The van der Waals surface area contributed by atoms with Crippen molar-refractivity contribution in [3.8, 4) is 0 Å². The maximum atomic E-state index is 12.2. The van der Waals surface area contributed by atoms with Gasteiger partial charge in [-0.1, -0.05) is 95.7 Å². The van der Waals surface area contributed by atoms with Gasteiger partial charge in [0.05, 0.1) is 43.0 Å². The quantitative estimate of drug-likeness (QED) is 0.104. The Balaban J connectivity index is 1.93. The third-order valence-corrected chi connectivity index (χ3v) is 10.3. The van der Waals surface area contributed by atoms with Gasteiger partial charge >= 0.3 is 12.1 Å². The van der Waals surface area contributed by atoms with Crippen LogP contribution in [-0.4, -0.2) is 75.2 Å². The molecule has 10 heteroatoms. The summed E-state index contributed by atoms with van der Waals surface area (Å²) in [4.78, 5) is 24.0. The van der Waals surface area contributed by atoms with Gasteiger partial charge in [-0.05, 0) is 38.7 Å². The van der Waals surface area contributed by atoms with Gasteiger partial charge in [-0.3, -0.25) is 4.79 Å². The Bertz CT molecular complexity index is 1200. The highest BCUT2D eigenvalue weighted by molar-refractivity contribution is 5.74. The summed E-state index contributed by atoms with van der Waals surface area (Å²) in [5, 5.41) is 43.7. The molecule has 1 aromatic carbocycles. The van der Waals surface area contributed by atoms with Gasteiger partial charge in [0.1, 0.15) is 12.2 Å². The Kier molecular flexibility index (Phi) is 16.3. The number of nitrogens with two attached hydrogens (primary N) is 1. The first-order valence-corrected chi connectivity index (χ1v) is 17.3. The van der Waals surface area contributed by atoms with Gasteiger partial charge in [0.15, 0.2) is 0 Å². The van der Waals surface area contributed by atoms with Crippen LogP contribution in [-0.2, 0) is 25.6 Å². The molecule has 1 aromatic rings. The molecule has 0 unspecified atom stereocenters. The van der Waals surface area contributed by atoms with Gasteiger partial charge in [0.25, 0.3) is 0 Å². The highest BCUT2D eigenvalue weighted by atomic mass is 16.6. The molecule has 10 nitrogen and oxygen atoms in total. The van der Waals surface area contributed by atoms with Crippen LogP contribution in [0.15, 0.2) is 54.1 Å². The van der Waals surface area contributed by atoms with Crippen molar-refractivity contribution < 1.29 is 44.2 Å².